The van der Waals surface area contributed by atoms with Gasteiger partial charge >= 0.3 is 0 Å². The van der Waals surface area contributed by atoms with Gasteiger partial charge in [-0.25, -0.2) is 0 Å². The number of hydrogen-bond donors (Lipinski definition) is 0. The second-order valence-corrected chi connectivity index (χ2v) is 9.98. The molecular weight excluding hydrogens is 416 g/mol. The zero-order valence-electron chi connectivity index (χ0n) is 17.0. The molecule has 31 heavy (non-hydrogen) atoms. The fraction of sp³-hybridized carbons (Fsp3) is 0.143. The molecule has 0 spiro atoms. The molecule has 4 aromatic carbocycles. The predicted molar refractivity (Wildman–Crippen MR) is 130 cm³/mol. The lowest BCUT2D eigenvalue weighted by atomic mass is 9.94. The predicted octanol–water partition coefficient (Wildman–Crippen LogP) is 7.79. The van der Waals surface area contributed by atoms with Gasteiger partial charge in [-0.15, -0.1) is 23.5 Å². The molecule has 1 nitrogen and oxygen atoms in total. The molecule has 2 aliphatic rings. The lowest BCUT2D eigenvalue weighted by Gasteiger charge is -2.28. The molecule has 2 atom stereocenters. The van der Waals surface area contributed by atoms with Crippen molar-refractivity contribution in [3.8, 4) is 0 Å². The molecule has 0 radical (unpaired) electrons. The number of rotatable bonds is 2. The van der Waals surface area contributed by atoms with E-state index in [-0.39, 0.29) is 12.2 Å². The Morgan fingerprint density at radius 3 is 1.35 bits per heavy atom. The smallest absolute Gasteiger partial charge is 0.110 e. The Morgan fingerprint density at radius 1 is 0.484 bits per heavy atom. The number of hydrogen-bond acceptors (Lipinski definition) is 3. The first-order valence-corrected chi connectivity index (χ1v) is 12.6. The highest BCUT2D eigenvalue weighted by Gasteiger charge is 2.31. The van der Waals surface area contributed by atoms with Crippen molar-refractivity contribution in [2.24, 2.45) is 0 Å². The van der Waals surface area contributed by atoms with E-state index in [0.717, 1.165) is 11.5 Å². The number of benzene rings is 4. The molecule has 0 aromatic heterocycles. The maximum Gasteiger partial charge on any atom is 0.110 e. The zero-order chi connectivity index (χ0) is 20.6. The summed E-state index contributed by atoms with van der Waals surface area (Å²) in [6, 6.07) is 35.0. The minimum Gasteiger partial charge on any atom is -0.356 e. The van der Waals surface area contributed by atoms with Crippen molar-refractivity contribution in [2.45, 2.75) is 33.5 Å². The van der Waals surface area contributed by atoms with Crippen LogP contribution in [0.25, 0.3) is 0 Å². The fourth-order valence-electron chi connectivity index (χ4n) is 4.58. The van der Waals surface area contributed by atoms with Crippen LogP contribution in [0.1, 0.15) is 45.6 Å². The standard InChI is InChI=1S/C28H22OS2/c1-3-11-21-19(9-1)17-30-25-15-7-5-13-23(25)27(21)29-28-22-12-4-2-10-20(22)18-31-26-16-8-6-14-24(26)28/h1-16,27-28H,17-18H2. The maximum atomic E-state index is 7.17. The van der Waals surface area contributed by atoms with Crippen LogP contribution in [-0.2, 0) is 16.2 Å². The molecule has 2 heterocycles. The SMILES string of the molecule is c1ccc2c(c1)CSc1ccccc1C2OC1c2ccccc2CSc2ccccc21. The van der Waals surface area contributed by atoms with Crippen LogP contribution in [0, 0.1) is 0 Å². The van der Waals surface area contributed by atoms with E-state index in [4.69, 9.17) is 4.74 Å². The van der Waals surface area contributed by atoms with Gasteiger partial charge in [-0.05, 0) is 45.5 Å². The minimum atomic E-state index is -0.100. The van der Waals surface area contributed by atoms with Gasteiger partial charge < -0.3 is 4.74 Å². The molecule has 0 saturated heterocycles. The van der Waals surface area contributed by atoms with Gasteiger partial charge in [0.2, 0.25) is 0 Å². The Bertz CT molecular complexity index is 1060. The van der Waals surface area contributed by atoms with Gasteiger partial charge in [-0.2, -0.15) is 0 Å². The summed E-state index contributed by atoms with van der Waals surface area (Å²) in [4.78, 5) is 2.63. The Balaban J connectivity index is 1.53. The van der Waals surface area contributed by atoms with Crippen molar-refractivity contribution in [1.82, 2.24) is 0 Å². The van der Waals surface area contributed by atoms with Crippen molar-refractivity contribution in [3.63, 3.8) is 0 Å². The van der Waals surface area contributed by atoms with E-state index in [9.17, 15) is 0 Å². The normalized spacial score (nSPS) is 19.2. The average Bonchev–Trinajstić information content (AvgIpc) is 3.09. The Kier molecular flexibility index (Phi) is 5.11. The van der Waals surface area contributed by atoms with Crippen LogP contribution >= 0.6 is 23.5 Å². The van der Waals surface area contributed by atoms with E-state index >= 15 is 0 Å². The summed E-state index contributed by atoms with van der Waals surface area (Å²) < 4.78 is 7.17. The molecule has 0 amide bonds. The topological polar surface area (TPSA) is 9.23 Å². The van der Waals surface area contributed by atoms with E-state index in [1.807, 2.05) is 23.5 Å². The molecule has 6 rings (SSSR count). The van der Waals surface area contributed by atoms with Gasteiger partial charge in [0.1, 0.15) is 12.2 Å². The van der Waals surface area contributed by atoms with Crippen LogP contribution < -0.4 is 0 Å². The second kappa shape index (κ2) is 8.23. The van der Waals surface area contributed by atoms with Crippen LogP contribution in [0.4, 0.5) is 0 Å². The van der Waals surface area contributed by atoms with E-state index in [0.29, 0.717) is 0 Å². The van der Waals surface area contributed by atoms with Crippen LogP contribution in [0.15, 0.2) is 107 Å². The van der Waals surface area contributed by atoms with Crippen LogP contribution in [0.5, 0.6) is 0 Å². The van der Waals surface area contributed by atoms with Crippen molar-refractivity contribution in [2.75, 3.05) is 0 Å². The second-order valence-electron chi connectivity index (χ2n) is 7.95. The summed E-state index contributed by atoms with van der Waals surface area (Å²) in [5.74, 6) is 1.95. The van der Waals surface area contributed by atoms with Crippen molar-refractivity contribution >= 4 is 23.5 Å². The molecule has 0 N–H and O–H groups in total. The first-order valence-electron chi connectivity index (χ1n) is 10.6. The molecule has 2 unspecified atom stereocenters. The number of ether oxygens (including phenoxy) is 1. The van der Waals surface area contributed by atoms with E-state index < -0.39 is 0 Å². The van der Waals surface area contributed by atoms with Gasteiger partial charge in [0.05, 0.1) is 0 Å². The average molecular weight is 439 g/mol. The third kappa shape index (κ3) is 3.51. The van der Waals surface area contributed by atoms with E-state index in [2.05, 4.69) is 97.1 Å². The molecule has 152 valence electrons. The molecular formula is C28H22OS2. The Hall–Kier alpha value is -2.46. The summed E-state index contributed by atoms with van der Waals surface area (Å²) in [6.07, 6.45) is -0.201. The monoisotopic (exact) mass is 438 g/mol. The summed E-state index contributed by atoms with van der Waals surface area (Å²) in [7, 11) is 0. The first-order chi connectivity index (χ1) is 15.4. The van der Waals surface area contributed by atoms with Gasteiger partial charge in [-0.1, -0.05) is 84.9 Å². The Morgan fingerprint density at radius 2 is 0.871 bits per heavy atom. The molecule has 3 heteroatoms. The Labute approximate surface area is 191 Å². The lowest BCUT2D eigenvalue weighted by Crippen LogP contribution is -2.15. The first kappa shape index (κ1) is 19.2. The summed E-state index contributed by atoms with van der Waals surface area (Å²) >= 11 is 3.82. The van der Waals surface area contributed by atoms with Gasteiger partial charge in [0, 0.05) is 21.3 Å². The lowest BCUT2D eigenvalue weighted by molar-refractivity contribution is 0.0278. The largest absolute Gasteiger partial charge is 0.356 e. The van der Waals surface area contributed by atoms with Crippen molar-refractivity contribution < 1.29 is 4.74 Å². The highest BCUT2D eigenvalue weighted by Crippen LogP contribution is 2.47. The van der Waals surface area contributed by atoms with Gasteiger partial charge in [0.25, 0.3) is 0 Å². The van der Waals surface area contributed by atoms with Gasteiger partial charge in [0.15, 0.2) is 0 Å². The van der Waals surface area contributed by atoms with Crippen LogP contribution in [-0.4, -0.2) is 0 Å². The summed E-state index contributed by atoms with van der Waals surface area (Å²) in [6.45, 7) is 0. The molecule has 0 fully saturated rings. The minimum absolute atomic E-state index is 0.100. The maximum absolute atomic E-state index is 7.17. The molecule has 4 aromatic rings. The van der Waals surface area contributed by atoms with Gasteiger partial charge in [-0.3, -0.25) is 0 Å². The van der Waals surface area contributed by atoms with E-state index in [1.54, 1.807) is 0 Å². The quantitative estimate of drug-likeness (QED) is 0.316. The van der Waals surface area contributed by atoms with Crippen LogP contribution in [0.2, 0.25) is 0 Å². The zero-order valence-corrected chi connectivity index (χ0v) is 18.7. The summed E-state index contributed by atoms with van der Waals surface area (Å²) in [5, 5.41) is 0. The van der Waals surface area contributed by atoms with Crippen LogP contribution in [0.3, 0.4) is 0 Å². The summed E-state index contributed by atoms with van der Waals surface area (Å²) in [5.41, 5.74) is 7.82. The number of fused-ring (bicyclic) bond motifs is 4. The van der Waals surface area contributed by atoms with Crippen molar-refractivity contribution in [3.05, 3.63) is 130 Å². The third-order valence-corrected chi connectivity index (χ3v) is 8.39. The highest BCUT2D eigenvalue weighted by molar-refractivity contribution is 7.98. The molecule has 0 saturated carbocycles. The molecule has 0 aliphatic carbocycles. The molecule has 0 bridgehead atoms. The number of thioether (sulfide) groups is 2. The third-order valence-electron chi connectivity index (χ3n) is 6.12. The molecule has 2 aliphatic heterocycles. The highest BCUT2D eigenvalue weighted by atomic mass is 32.2. The fourth-order valence-corrected chi connectivity index (χ4v) is 6.76. The van der Waals surface area contributed by atoms with Crippen molar-refractivity contribution in [1.29, 1.82) is 0 Å². The van der Waals surface area contributed by atoms with E-state index in [1.165, 1.54) is 43.2 Å².